The number of nitrogens with one attached hydrogen (secondary N) is 2. The molecule has 1 amide bonds. The number of hydrogen-bond acceptors (Lipinski definition) is 6. The summed E-state index contributed by atoms with van der Waals surface area (Å²) in [6.07, 6.45) is 5.05. The highest BCUT2D eigenvalue weighted by Crippen LogP contribution is 2.23. The van der Waals surface area contributed by atoms with Gasteiger partial charge in [0.15, 0.2) is 0 Å². The minimum atomic E-state index is -0.452. The lowest BCUT2D eigenvalue weighted by molar-refractivity contribution is -0.123. The van der Waals surface area contributed by atoms with Gasteiger partial charge in [0.2, 0.25) is 11.8 Å². The largest absolute Gasteiger partial charge is 0.443 e. The van der Waals surface area contributed by atoms with E-state index in [-0.39, 0.29) is 5.91 Å². The van der Waals surface area contributed by atoms with Gasteiger partial charge in [0.05, 0.1) is 23.3 Å². The Labute approximate surface area is 137 Å². The van der Waals surface area contributed by atoms with Gasteiger partial charge >= 0.3 is 0 Å². The Balaban J connectivity index is 1.62. The molecule has 2 N–H and O–H groups in total. The molecular weight excluding hydrogens is 314 g/mol. The molecule has 1 atom stereocenters. The topological polar surface area (TPSA) is 85.0 Å². The maximum absolute atomic E-state index is 12.3. The number of aryl methyl sites for hydroxylation is 1. The van der Waals surface area contributed by atoms with Gasteiger partial charge in [-0.15, -0.1) is 11.3 Å². The monoisotopic (exact) mass is 331 g/mol. The van der Waals surface area contributed by atoms with Gasteiger partial charge < -0.3 is 15.1 Å². The van der Waals surface area contributed by atoms with Crippen molar-refractivity contribution < 1.29 is 9.21 Å². The smallest absolute Gasteiger partial charge is 0.242 e. The lowest BCUT2D eigenvalue weighted by atomic mass is 10.1. The van der Waals surface area contributed by atoms with Gasteiger partial charge in [-0.2, -0.15) is 5.10 Å². The van der Waals surface area contributed by atoms with Gasteiger partial charge in [-0.3, -0.25) is 9.48 Å². The van der Waals surface area contributed by atoms with Crippen molar-refractivity contribution in [3.8, 4) is 10.8 Å². The molecule has 0 aliphatic heterocycles. The van der Waals surface area contributed by atoms with Crippen LogP contribution in [0.4, 0.5) is 0 Å². The zero-order chi connectivity index (χ0) is 16.2. The summed E-state index contributed by atoms with van der Waals surface area (Å²) in [5.74, 6) is 0.433. The quantitative estimate of drug-likeness (QED) is 0.718. The number of nitrogens with zero attached hydrogens (tertiary/aromatic N) is 3. The van der Waals surface area contributed by atoms with Crippen LogP contribution in [0.1, 0.15) is 17.3 Å². The molecule has 0 aliphatic rings. The maximum Gasteiger partial charge on any atom is 0.242 e. The summed E-state index contributed by atoms with van der Waals surface area (Å²) in [7, 11) is 3.55. The van der Waals surface area contributed by atoms with E-state index in [1.807, 2.05) is 30.8 Å². The van der Waals surface area contributed by atoms with Crippen LogP contribution in [0.25, 0.3) is 10.8 Å². The molecule has 23 heavy (non-hydrogen) atoms. The molecule has 1 unspecified atom stereocenters. The van der Waals surface area contributed by atoms with Crippen molar-refractivity contribution >= 4 is 17.2 Å². The number of carbonyl (C=O) groups is 1. The number of likely N-dealkylation sites (N-methyl/N-ethyl adjacent to an activating group) is 1. The van der Waals surface area contributed by atoms with E-state index >= 15 is 0 Å². The Bertz CT molecular complexity index is 778. The first kappa shape index (κ1) is 15.4. The number of carbonyl (C=O) groups excluding carboxylic acids is 1. The zero-order valence-corrected chi connectivity index (χ0v) is 13.6. The highest BCUT2D eigenvalue weighted by molar-refractivity contribution is 7.13. The fraction of sp³-hybridized carbons (Fsp3) is 0.267. The summed E-state index contributed by atoms with van der Waals surface area (Å²) < 4.78 is 7.10. The van der Waals surface area contributed by atoms with Crippen LogP contribution in [0, 0.1) is 0 Å². The molecule has 0 saturated carbocycles. The Morgan fingerprint density at radius 1 is 1.52 bits per heavy atom. The summed E-state index contributed by atoms with van der Waals surface area (Å²) in [5, 5.41) is 11.9. The Morgan fingerprint density at radius 2 is 2.39 bits per heavy atom. The van der Waals surface area contributed by atoms with E-state index in [2.05, 4.69) is 20.7 Å². The Kier molecular flexibility index (Phi) is 4.54. The Hall–Kier alpha value is -2.45. The summed E-state index contributed by atoms with van der Waals surface area (Å²) in [6, 6.07) is 3.43. The van der Waals surface area contributed by atoms with Crippen molar-refractivity contribution in [2.75, 3.05) is 7.05 Å². The number of hydrogen-bond donors (Lipinski definition) is 2. The number of thiophene rings is 1. The maximum atomic E-state index is 12.3. The molecule has 0 bridgehead atoms. The predicted molar refractivity (Wildman–Crippen MR) is 86.7 cm³/mol. The molecule has 3 aromatic rings. The van der Waals surface area contributed by atoms with E-state index in [9.17, 15) is 4.79 Å². The fourth-order valence-corrected chi connectivity index (χ4v) is 2.88. The van der Waals surface area contributed by atoms with Crippen molar-refractivity contribution in [2.45, 2.75) is 12.6 Å². The summed E-state index contributed by atoms with van der Waals surface area (Å²) in [5.41, 5.74) is 1.50. The lowest BCUT2D eigenvalue weighted by Gasteiger charge is -2.13. The average molecular weight is 331 g/mol. The molecule has 0 spiro atoms. The third kappa shape index (κ3) is 3.49. The number of rotatable bonds is 6. The highest BCUT2D eigenvalue weighted by atomic mass is 32.1. The molecule has 3 rings (SSSR count). The lowest BCUT2D eigenvalue weighted by Crippen LogP contribution is -2.35. The van der Waals surface area contributed by atoms with Crippen LogP contribution in [0.2, 0.25) is 0 Å². The van der Waals surface area contributed by atoms with Crippen LogP contribution < -0.4 is 10.6 Å². The van der Waals surface area contributed by atoms with Gasteiger partial charge in [0, 0.05) is 18.8 Å². The number of oxazole rings is 1. The number of aromatic nitrogens is 3. The standard InChI is InChI=1S/C15H17N5O2S/c1-16-13(10-6-18-20(2)8-10)14(21)17-7-11-9-22-15(19-11)12-4-3-5-23-12/h3-6,8-9,13,16H,7H2,1-2H3,(H,17,21). The first-order valence-corrected chi connectivity index (χ1v) is 7.97. The van der Waals surface area contributed by atoms with Gasteiger partial charge in [0.25, 0.3) is 0 Å². The molecule has 0 aromatic carbocycles. The van der Waals surface area contributed by atoms with Gasteiger partial charge in [-0.1, -0.05) is 6.07 Å². The molecule has 120 valence electrons. The van der Waals surface area contributed by atoms with Crippen LogP contribution in [-0.2, 0) is 18.4 Å². The van der Waals surface area contributed by atoms with Crippen molar-refractivity contribution in [2.24, 2.45) is 7.05 Å². The molecule has 3 aromatic heterocycles. The average Bonchev–Trinajstić information content (AvgIpc) is 3.27. The molecule has 3 heterocycles. The van der Waals surface area contributed by atoms with Gasteiger partial charge in [-0.25, -0.2) is 4.98 Å². The minimum absolute atomic E-state index is 0.138. The summed E-state index contributed by atoms with van der Waals surface area (Å²) >= 11 is 1.56. The Morgan fingerprint density at radius 3 is 3.04 bits per heavy atom. The SMILES string of the molecule is CNC(C(=O)NCc1coc(-c2cccs2)n1)c1cnn(C)c1. The van der Waals surface area contributed by atoms with Crippen LogP contribution in [0.3, 0.4) is 0 Å². The molecule has 0 fully saturated rings. The summed E-state index contributed by atoms with van der Waals surface area (Å²) in [6.45, 7) is 0.312. The van der Waals surface area contributed by atoms with E-state index in [1.54, 1.807) is 35.5 Å². The second-order valence-electron chi connectivity index (χ2n) is 5.01. The van der Waals surface area contributed by atoms with Crippen molar-refractivity contribution in [1.29, 1.82) is 0 Å². The molecule has 0 saturated heterocycles. The molecule has 0 radical (unpaired) electrons. The molecule has 8 heteroatoms. The first-order chi connectivity index (χ1) is 11.2. The summed E-state index contributed by atoms with van der Waals surface area (Å²) in [4.78, 5) is 17.7. The van der Waals surface area contributed by atoms with Crippen molar-refractivity contribution in [1.82, 2.24) is 25.4 Å². The van der Waals surface area contributed by atoms with Crippen LogP contribution in [0.5, 0.6) is 0 Å². The van der Waals surface area contributed by atoms with Crippen LogP contribution >= 0.6 is 11.3 Å². The van der Waals surface area contributed by atoms with Crippen molar-refractivity contribution in [3.05, 3.63) is 47.4 Å². The minimum Gasteiger partial charge on any atom is -0.443 e. The van der Waals surface area contributed by atoms with E-state index in [0.717, 1.165) is 10.4 Å². The number of amides is 1. The van der Waals surface area contributed by atoms with Gasteiger partial charge in [-0.05, 0) is 18.5 Å². The van der Waals surface area contributed by atoms with E-state index in [0.29, 0.717) is 18.1 Å². The first-order valence-electron chi connectivity index (χ1n) is 7.09. The molecule has 7 nitrogen and oxygen atoms in total. The molecular formula is C15H17N5O2S. The fourth-order valence-electron chi connectivity index (χ4n) is 2.22. The van der Waals surface area contributed by atoms with Crippen LogP contribution in [0.15, 0.2) is 40.6 Å². The predicted octanol–water partition coefficient (Wildman–Crippen LogP) is 1.71. The third-order valence-electron chi connectivity index (χ3n) is 3.34. The zero-order valence-electron chi connectivity index (χ0n) is 12.8. The normalized spacial score (nSPS) is 12.3. The molecule has 0 aliphatic carbocycles. The second kappa shape index (κ2) is 6.76. The van der Waals surface area contributed by atoms with Crippen LogP contribution in [-0.4, -0.2) is 27.7 Å². The van der Waals surface area contributed by atoms with Crippen molar-refractivity contribution in [3.63, 3.8) is 0 Å². The van der Waals surface area contributed by atoms with E-state index in [4.69, 9.17) is 4.42 Å². The second-order valence-corrected chi connectivity index (χ2v) is 5.96. The third-order valence-corrected chi connectivity index (χ3v) is 4.19. The van der Waals surface area contributed by atoms with E-state index in [1.165, 1.54) is 0 Å². The highest BCUT2D eigenvalue weighted by Gasteiger charge is 2.20. The van der Waals surface area contributed by atoms with E-state index < -0.39 is 6.04 Å². The van der Waals surface area contributed by atoms with Gasteiger partial charge in [0.1, 0.15) is 12.3 Å².